The van der Waals surface area contributed by atoms with E-state index in [9.17, 15) is 50.8 Å². The molecule has 0 amide bonds. The van der Waals surface area contributed by atoms with Gasteiger partial charge >= 0.3 is 5.97 Å². The predicted molar refractivity (Wildman–Crippen MR) is 89.8 cm³/mol. The van der Waals surface area contributed by atoms with Gasteiger partial charge in [-0.05, 0) is 0 Å². The molecular formula is C16H26O15. The fourth-order valence-electron chi connectivity index (χ4n) is 3.61. The molecule has 0 aliphatic carbocycles. The number of hydrogen-bond donors (Lipinski definition) is 9. The molecule has 0 aromatic heterocycles. The molecule has 3 heterocycles. The Hall–Kier alpha value is -1.05. The molecule has 3 fully saturated rings. The lowest BCUT2D eigenvalue weighted by atomic mass is 9.98. The first-order valence-corrected chi connectivity index (χ1v) is 9.40. The van der Waals surface area contributed by atoms with E-state index in [1.54, 1.807) is 0 Å². The number of aliphatic hydroxyl groups is 8. The molecular weight excluding hydrogens is 432 g/mol. The van der Waals surface area contributed by atoms with Crippen LogP contribution in [0.5, 0.6) is 0 Å². The third kappa shape index (κ3) is 4.69. The van der Waals surface area contributed by atoms with E-state index in [2.05, 4.69) is 0 Å². The second-order valence-electron chi connectivity index (χ2n) is 7.39. The Morgan fingerprint density at radius 1 is 0.677 bits per heavy atom. The van der Waals surface area contributed by atoms with Crippen molar-refractivity contribution >= 4 is 5.97 Å². The maximum atomic E-state index is 11.7. The molecule has 9 N–H and O–H groups in total. The van der Waals surface area contributed by atoms with E-state index in [0.717, 1.165) is 0 Å². The highest BCUT2D eigenvalue weighted by Gasteiger charge is 2.55. The van der Waals surface area contributed by atoms with Gasteiger partial charge in [0.05, 0.1) is 13.2 Å². The van der Waals surface area contributed by atoms with Crippen molar-refractivity contribution in [1.29, 1.82) is 0 Å². The second-order valence-corrected chi connectivity index (χ2v) is 7.39. The van der Waals surface area contributed by atoms with E-state index in [1.807, 2.05) is 0 Å². The van der Waals surface area contributed by atoms with Gasteiger partial charge in [-0.2, -0.15) is 0 Å². The van der Waals surface area contributed by atoms with Crippen molar-refractivity contribution in [1.82, 2.24) is 0 Å². The number of aliphatic carboxylic acids is 1. The number of carboxylic acids is 1. The zero-order chi connectivity index (χ0) is 23.0. The van der Waals surface area contributed by atoms with Gasteiger partial charge in [-0.1, -0.05) is 0 Å². The van der Waals surface area contributed by atoms with Crippen molar-refractivity contribution in [3.8, 4) is 0 Å². The fourth-order valence-corrected chi connectivity index (χ4v) is 3.61. The van der Waals surface area contributed by atoms with Crippen LogP contribution in [0.3, 0.4) is 0 Å². The van der Waals surface area contributed by atoms with Crippen molar-refractivity contribution in [2.75, 3.05) is 13.2 Å². The summed E-state index contributed by atoms with van der Waals surface area (Å²) in [6, 6.07) is 0. The molecule has 3 aliphatic rings. The summed E-state index contributed by atoms with van der Waals surface area (Å²) < 4.78 is 25.9. The minimum absolute atomic E-state index is 0.683. The average Bonchev–Trinajstić information content (AvgIpc) is 3.17. The summed E-state index contributed by atoms with van der Waals surface area (Å²) in [4.78, 5) is 11.7. The molecule has 0 aromatic carbocycles. The molecule has 31 heavy (non-hydrogen) atoms. The molecule has 15 nitrogen and oxygen atoms in total. The van der Waals surface area contributed by atoms with Crippen LogP contribution in [-0.2, 0) is 28.5 Å². The first kappa shape index (κ1) is 24.6. The monoisotopic (exact) mass is 458 g/mol. The van der Waals surface area contributed by atoms with E-state index in [-0.39, 0.29) is 0 Å². The van der Waals surface area contributed by atoms with Gasteiger partial charge in [0.25, 0.3) is 0 Å². The van der Waals surface area contributed by atoms with Crippen LogP contribution >= 0.6 is 0 Å². The third-order valence-corrected chi connectivity index (χ3v) is 5.36. The maximum Gasteiger partial charge on any atom is 0.335 e. The number of ether oxygens (including phenoxy) is 5. The standard InChI is InChI=1S/C16H26O15/c17-1-3-5(19)7(21)15(27-3)30-10-9(23)14(26)29-12(13(24)25)11(10)31-16-8(22)6(20)4(2-18)28-16/h3-12,14-23,26H,1-2H2,(H,24,25)/t3-,4+,5-,6+,7-,8+,9+,10+,11-,12-,14+,15+,16-/m0/s1. The van der Waals surface area contributed by atoms with Crippen molar-refractivity contribution in [3.05, 3.63) is 0 Å². The molecule has 3 aliphatic heterocycles. The summed E-state index contributed by atoms with van der Waals surface area (Å²) in [5.74, 6) is -1.66. The third-order valence-electron chi connectivity index (χ3n) is 5.36. The van der Waals surface area contributed by atoms with Gasteiger partial charge in [0, 0.05) is 0 Å². The van der Waals surface area contributed by atoms with Crippen LogP contribution in [-0.4, -0.2) is 145 Å². The van der Waals surface area contributed by atoms with E-state index < -0.39 is 99.1 Å². The van der Waals surface area contributed by atoms with Gasteiger partial charge in [-0.3, -0.25) is 0 Å². The normalized spacial score (nSPS) is 50.6. The molecule has 13 atom stereocenters. The minimum atomic E-state index is -2.06. The number of rotatable bonds is 7. The summed E-state index contributed by atoms with van der Waals surface area (Å²) in [6.07, 6.45) is -21.9. The van der Waals surface area contributed by atoms with Crippen molar-refractivity contribution in [2.45, 2.75) is 79.9 Å². The van der Waals surface area contributed by atoms with Crippen LogP contribution in [0.4, 0.5) is 0 Å². The first-order chi connectivity index (χ1) is 14.6. The topological polar surface area (TPSA) is 245 Å². The molecule has 0 radical (unpaired) electrons. The molecule has 0 aromatic rings. The smallest absolute Gasteiger partial charge is 0.335 e. The Morgan fingerprint density at radius 3 is 1.52 bits per heavy atom. The van der Waals surface area contributed by atoms with Gasteiger partial charge in [0.15, 0.2) is 25.0 Å². The zero-order valence-corrected chi connectivity index (χ0v) is 15.9. The Kier molecular flexibility index (Phi) is 7.80. The predicted octanol–water partition coefficient (Wildman–Crippen LogP) is -6.20. The van der Waals surface area contributed by atoms with Crippen LogP contribution in [0, 0.1) is 0 Å². The minimum Gasteiger partial charge on any atom is -0.479 e. The van der Waals surface area contributed by atoms with Crippen LogP contribution < -0.4 is 0 Å². The number of aliphatic hydroxyl groups excluding tert-OH is 8. The summed E-state index contributed by atoms with van der Waals surface area (Å²) >= 11 is 0. The van der Waals surface area contributed by atoms with Crippen LogP contribution in [0.2, 0.25) is 0 Å². The van der Waals surface area contributed by atoms with Crippen molar-refractivity contribution in [3.63, 3.8) is 0 Å². The number of carbonyl (C=O) groups is 1. The van der Waals surface area contributed by atoms with Gasteiger partial charge < -0.3 is 69.6 Å². The lowest BCUT2D eigenvalue weighted by Crippen LogP contribution is -2.63. The van der Waals surface area contributed by atoms with Crippen LogP contribution in [0.25, 0.3) is 0 Å². The number of carboxylic acid groups (broad SMARTS) is 1. The van der Waals surface area contributed by atoms with Crippen molar-refractivity contribution in [2.24, 2.45) is 0 Å². The van der Waals surface area contributed by atoms with E-state index >= 15 is 0 Å². The highest BCUT2D eigenvalue weighted by atomic mass is 16.8. The molecule has 15 heteroatoms. The van der Waals surface area contributed by atoms with E-state index in [4.69, 9.17) is 23.7 Å². The number of hydrogen-bond acceptors (Lipinski definition) is 14. The Bertz CT molecular complexity index is 620. The lowest BCUT2D eigenvalue weighted by Gasteiger charge is -2.42. The quantitative estimate of drug-likeness (QED) is 0.172. The average molecular weight is 458 g/mol. The first-order valence-electron chi connectivity index (χ1n) is 9.40. The van der Waals surface area contributed by atoms with E-state index in [0.29, 0.717) is 0 Å². The lowest BCUT2D eigenvalue weighted by molar-refractivity contribution is -0.340. The largest absolute Gasteiger partial charge is 0.479 e. The Morgan fingerprint density at radius 2 is 1.13 bits per heavy atom. The van der Waals surface area contributed by atoms with Gasteiger partial charge in [0.1, 0.15) is 54.9 Å². The molecule has 0 spiro atoms. The Labute approximate surface area is 174 Å². The second kappa shape index (κ2) is 9.84. The van der Waals surface area contributed by atoms with Crippen LogP contribution in [0.1, 0.15) is 0 Å². The SMILES string of the molecule is O=C(O)[C@H]1O[C@@H](O)[C@H](O)[C@@H](O[C@H]2O[C@@H](CO)[C@H](O)[C@@H]2O)[C@@H]1O[C@@H]1O[C@H](CO)[C@@H](O)[C@H]1O. The van der Waals surface area contributed by atoms with Crippen LogP contribution in [0.15, 0.2) is 0 Å². The maximum absolute atomic E-state index is 11.7. The molecule has 3 rings (SSSR count). The molecule has 0 bridgehead atoms. The molecule has 0 unspecified atom stereocenters. The Balaban J connectivity index is 1.83. The summed E-state index contributed by atoms with van der Waals surface area (Å²) in [6.45, 7) is -1.37. The molecule has 180 valence electrons. The molecule has 0 saturated carbocycles. The molecule has 3 saturated heterocycles. The highest BCUT2D eigenvalue weighted by Crippen LogP contribution is 2.33. The van der Waals surface area contributed by atoms with Crippen molar-refractivity contribution < 1.29 is 74.4 Å². The summed E-state index contributed by atoms with van der Waals surface area (Å²) in [5.41, 5.74) is 0. The van der Waals surface area contributed by atoms with E-state index in [1.165, 1.54) is 0 Å². The van der Waals surface area contributed by atoms with Gasteiger partial charge in [-0.15, -0.1) is 0 Å². The summed E-state index contributed by atoms with van der Waals surface area (Å²) in [7, 11) is 0. The zero-order valence-electron chi connectivity index (χ0n) is 15.9. The van der Waals surface area contributed by atoms with Gasteiger partial charge in [0.2, 0.25) is 0 Å². The fraction of sp³-hybridized carbons (Fsp3) is 0.938. The highest BCUT2D eigenvalue weighted by molar-refractivity contribution is 5.73. The summed E-state index contributed by atoms with van der Waals surface area (Å²) in [5, 5.41) is 87.9. The van der Waals surface area contributed by atoms with Gasteiger partial charge in [-0.25, -0.2) is 4.79 Å².